The summed E-state index contributed by atoms with van der Waals surface area (Å²) in [6.45, 7) is 1.92. The van der Waals surface area contributed by atoms with Crippen LogP contribution in [0.15, 0.2) is 41.4 Å². The van der Waals surface area contributed by atoms with Gasteiger partial charge in [-0.3, -0.25) is 0 Å². The molecule has 0 fully saturated rings. The molecule has 1 aromatic carbocycles. The predicted molar refractivity (Wildman–Crippen MR) is 80.5 cm³/mol. The van der Waals surface area contributed by atoms with Crippen molar-refractivity contribution >= 4 is 29.2 Å². The first kappa shape index (κ1) is 14.2. The van der Waals surface area contributed by atoms with Crippen LogP contribution in [0.1, 0.15) is 17.2 Å². The van der Waals surface area contributed by atoms with Gasteiger partial charge in [0.15, 0.2) is 0 Å². The Hall–Kier alpha value is -1.23. The predicted octanol–water partition coefficient (Wildman–Crippen LogP) is 3.45. The second kappa shape index (κ2) is 6.28. The molecule has 0 aliphatic rings. The molecule has 0 bridgehead atoms. The molecule has 0 aliphatic heterocycles. The fourth-order valence-electron chi connectivity index (χ4n) is 1.81. The average molecular weight is 295 g/mol. The third-order valence-corrected chi connectivity index (χ3v) is 4.13. The summed E-state index contributed by atoms with van der Waals surface area (Å²) in [5.74, 6) is 0.919. The summed E-state index contributed by atoms with van der Waals surface area (Å²) < 4.78 is 0. The van der Waals surface area contributed by atoms with Crippen LogP contribution >= 0.6 is 23.4 Å². The van der Waals surface area contributed by atoms with E-state index in [1.54, 1.807) is 18.0 Å². The molecule has 0 saturated carbocycles. The number of thioether (sulfide) groups is 1. The van der Waals surface area contributed by atoms with Gasteiger partial charge >= 0.3 is 0 Å². The summed E-state index contributed by atoms with van der Waals surface area (Å²) in [6, 6.07) is 9.38. The zero-order valence-electron chi connectivity index (χ0n) is 10.5. The first-order chi connectivity index (χ1) is 9.08. The maximum Gasteiger partial charge on any atom is 0.129 e. The Morgan fingerprint density at radius 3 is 2.63 bits per heavy atom. The maximum absolute atomic E-state index is 10.2. The van der Waals surface area contributed by atoms with E-state index in [1.165, 1.54) is 0 Å². The van der Waals surface area contributed by atoms with E-state index in [0.29, 0.717) is 22.2 Å². The number of aliphatic hydroxyl groups is 1. The molecule has 1 aromatic heterocycles. The molecular weight excluding hydrogens is 280 g/mol. The molecule has 1 heterocycles. The van der Waals surface area contributed by atoms with Crippen molar-refractivity contribution in [1.29, 1.82) is 0 Å². The van der Waals surface area contributed by atoms with E-state index in [-0.39, 0.29) is 0 Å². The van der Waals surface area contributed by atoms with Crippen molar-refractivity contribution in [3.05, 3.63) is 52.7 Å². The van der Waals surface area contributed by atoms with E-state index >= 15 is 0 Å². The Bertz CT molecular complexity index is 540. The van der Waals surface area contributed by atoms with Crippen LogP contribution in [0, 0.1) is 6.92 Å². The van der Waals surface area contributed by atoms with Gasteiger partial charge in [0.1, 0.15) is 5.82 Å². The van der Waals surface area contributed by atoms with E-state index in [0.717, 1.165) is 10.5 Å². The fraction of sp³-hybridized carbons (Fsp3) is 0.214. The molecule has 19 heavy (non-hydrogen) atoms. The number of aliphatic hydroxyl groups excluding tert-OH is 1. The molecule has 5 heteroatoms. The van der Waals surface area contributed by atoms with Crippen molar-refractivity contribution in [1.82, 2.24) is 4.98 Å². The van der Waals surface area contributed by atoms with E-state index in [4.69, 9.17) is 17.3 Å². The van der Waals surface area contributed by atoms with Crippen molar-refractivity contribution in [2.45, 2.75) is 17.9 Å². The Kier molecular flexibility index (Phi) is 4.69. The second-order valence-corrected chi connectivity index (χ2v) is 5.74. The summed E-state index contributed by atoms with van der Waals surface area (Å²) in [6.07, 6.45) is 1.02. The highest BCUT2D eigenvalue weighted by Gasteiger charge is 2.14. The highest BCUT2D eigenvalue weighted by atomic mass is 35.5. The molecule has 1 unspecified atom stereocenters. The van der Waals surface area contributed by atoms with Gasteiger partial charge in [-0.15, -0.1) is 11.8 Å². The molecule has 0 aliphatic carbocycles. The Balaban J connectivity index is 2.05. The van der Waals surface area contributed by atoms with Gasteiger partial charge in [-0.2, -0.15) is 0 Å². The number of aryl methyl sites for hydroxylation is 1. The SMILES string of the molecule is Cc1ccnc(N)c1C(O)CSc1ccc(Cl)cc1. The van der Waals surface area contributed by atoms with Crippen LogP contribution in [-0.4, -0.2) is 15.8 Å². The number of halogens is 1. The monoisotopic (exact) mass is 294 g/mol. The minimum absolute atomic E-state index is 0.393. The number of pyridine rings is 1. The lowest BCUT2D eigenvalue weighted by molar-refractivity contribution is 0.204. The van der Waals surface area contributed by atoms with Gasteiger partial charge in [0.2, 0.25) is 0 Å². The quantitative estimate of drug-likeness (QED) is 0.848. The van der Waals surface area contributed by atoms with Gasteiger partial charge in [-0.05, 0) is 42.8 Å². The van der Waals surface area contributed by atoms with Gasteiger partial charge in [0.05, 0.1) is 6.10 Å². The smallest absolute Gasteiger partial charge is 0.129 e. The van der Waals surface area contributed by atoms with E-state index in [2.05, 4.69) is 4.98 Å². The first-order valence-corrected chi connectivity index (χ1v) is 7.21. The minimum atomic E-state index is -0.630. The van der Waals surface area contributed by atoms with Crippen LogP contribution in [0.4, 0.5) is 5.82 Å². The normalized spacial score (nSPS) is 12.4. The number of hydrogen-bond acceptors (Lipinski definition) is 4. The Labute approximate surface area is 121 Å². The molecule has 2 rings (SSSR count). The largest absolute Gasteiger partial charge is 0.387 e. The molecule has 0 saturated heterocycles. The topological polar surface area (TPSA) is 59.1 Å². The number of anilines is 1. The van der Waals surface area contributed by atoms with Crippen molar-refractivity contribution in [3.8, 4) is 0 Å². The van der Waals surface area contributed by atoms with Crippen LogP contribution in [0.25, 0.3) is 0 Å². The summed E-state index contributed by atoms with van der Waals surface area (Å²) in [5, 5.41) is 10.9. The maximum atomic E-state index is 10.2. The number of benzene rings is 1. The zero-order valence-corrected chi connectivity index (χ0v) is 12.1. The van der Waals surface area contributed by atoms with Gasteiger partial charge in [0, 0.05) is 27.4 Å². The van der Waals surface area contributed by atoms with Crippen LogP contribution in [0.3, 0.4) is 0 Å². The molecule has 100 valence electrons. The third-order valence-electron chi connectivity index (χ3n) is 2.79. The third kappa shape index (κ3) is 3.62. The highest BCUT2D eigenvalue weighted by Crippen LogP contribution is 2.29. The van der Waals surface area contributed by atoms with Gasteiger partial charge in [-0.1, -0.05) is 11.6 Å². The fourth-order valence-corrected chi connectivity index (χ4v) is 2.79. The van der Waals surface area contributed by atoms with E-state index in [9.17, 15) is 5.11 Å². The summed E-state index contributed by atoms with van der Waals surface area (Å²) in [4.78, 5) is 5.08. The standard InChI is InChI=1S/C14H15ClN2OS/c1-9-6-7-17-14(16)13(9)12(18)8-19-11-4-2-10(15)3-5-11/h2-7,12,18H,8H2,1H3,(H2,16,17). The summed E-state index contributed by atoms with van der Waals surface area (Å²) in [5.41, 5.74) is 7.48. The minimum Gasteiger partial charge on any atom is -0.387 e. The number of nitrogens with two attached hydrogens (primary N) is 1. The lowest BCUT2D eigenvalue weighted by Gasteiger charge is -2.15. The number of hydrogen-bond donors (Lipinski definition) is 2. The van der Waals surface area contributed by atoms with Gasteiger partial charge in [-0.25, -0.2) is 4.98 Å². The molecule has 0 radical (unpaired) electrons. The number of rotatable bonds is 4. The van der Waals surface area contributed by atoms with Crippen LogP contribution in [0.2, 0.25) is 5.02 Å². The van der Waals surface area contributed by atoms with Crippen molar-refractivity contribution in [3.63, 3.8) is 0 Å². The van der Waals surface area contributed by atoms with Crippen LogP contribution in [0.5, 0.6) is 0 Å². The van der Waals surface area contributed by atoms with Crippen molar-refractivity contribution < 1.29 is 5.11 Å². The van der Waals surface area contributed by atoms with E-state index < -0.39 is 6.10 Å². The Morgan fingerprint density at radius 1 is 1.32 bits per heavy atom. The molecule has 3 N–H and O–H groups in total. The highest BCUT2D eigenvalue weighted by molar-refractivity contribution is 7.99. The van der Waals surface area contributed by atoms with Gasteiger partial charge < -0.3 is 10.8 Å². The lowest BCUT2D eigenvalue weighted by Crippen LogP contribution is -2.08. The molecule has 0 amide bonds. The summed E-state index contributed by atoms with van der Waals surface area (Å²) >= 11 is 7.39. The number of nitrogens with zero attached hydrogens (tertiary/aromatic N) is 1. The van der Waals surface area contributed by atoms with Crippen LogP contribution in [-0.2, 0) is 0 Å². The second-order valence-electron chi connectivity index (χ2n) is 4.21. The number of aromatic nitrogens is 1. The summed E-state index contributed by atoms with van der Waals surface area (Å²) in [7, 11) is 0. The zero-order chi connectivity index (χ0) is 13.8. The van der Waals surface area contributed by atoms with Crippen LogP contribution < -0.4 is 5.73 Å². The average Bonchev–Trinajstić information content (AvgIpc) is 2.38. The number of nitrogen functional groups attached to an aromatic ring is 1. The van der Waals surface area contributed by atoms with Crippen molar-refractivity contribution in [2.75, 3.05) is 11.5 Å². The lowest BCUT2D eigenvalue weighted by atomic mass is 10.1. The first-order valence-electron chi connectivity index (χ1n) is 5.85. The Morgan fingerprint density at radius 2 is 2.00 bits per heavy atom. The van der Waals surface area contributed by atoms with Gasteiger partial charge in [0.25, 0.3) is 0 Å². The molecule has 1 atom stereocenters. The molecular formula is C14H15ClN2OS. The molecule has 3 nitrogen and oxygen atoms in total. The van der Waals surface area contributed by atoms with E-state index in [1.807, 2.05) is 37.3 Å². The van der Waals surface area contributed by atoms with Crippen molar-refractivity contribution in [2.24, 2.45) is 0 Å². The molecule has 0 spiro atoms. The molecule has 2 aromatic rings.